The maximum absolute atomic E-state index is 12.7. The van der Waals surface area contributed by atoms with Crippen molar-refractivity contribution in [2.75, 3.05) is 6.61 Å². The minimum Gasteiger partial charge on any atom is -0.374 e. The molecule has 118 valence electrons. The Labute approximate surface area is 123 Å². The summed E-state index contributed by atoms with van der Waals surface area (Å²) < 4.78 is 44.1. The van der Waals surface area contributed by atoms with E-state index in [2.05, 4.69) is 0 Å². The molecule has 21 heavy (non-hydrogen) atoms. The average Bonchev–Trinajstić information content (AvgIpc) is 2.88. The van der Waals surface area contributed by atoms with E-state index in [0.29, 0.717) is 18.6 Å². The van der Waals surface area contributed by atoms with Crippen molar-refractivity contribution in [3.63, 3.8) is 0 Å². The van der Waals surface area contributed by atoms with Crippen LogP contribution in [0.2, 0.25) is 0 Å². The molecule has 5 heteroatoms. The molecule has 0 radical (unpaired) electrons. The Morgan fingerprint density at radius 2 is 1.95 bits per heavy atom. The van der Waals surface area contributed by atoms with Crippen LogP contribution in [0.25, 0.3) is 0 Å². The lowest BCUT2D eigenvalue weighted by Crippen LogP contribution is -2.49. The summed E-state index contributed by atoms with van der Waals surface area (Å²) in [6.45, 7) is 2.51. The number of nitrogens with two attached hydrogens (primary N) is 1. The van der Waals surface area contributed by atoms with E-state index in [0.717, 1.165) is 31.7 Å². The zero-order valence-corrected chi connectivity index (χ0v) is 12.2. The van der Waals surface area contributed by atoms with Crippen LogP contribution in [0.15, 0.2) is 24.3 Å². The summed E-state index contributed by atoms with van der Waals surface area (Å²) in [6.07, 6.45) is 0.00348. The summed E-state index contributed by atoms with van der Waals surface area (Å²) in [5.74, 6) is 0. The molecule has 2 nitrogen and oxygen atoms in total. The van der Waals surface area contributed by atoms with Crippen molar-refractivity contribution in [2.45, 2.75) is 56.8 Å². The molecule has 2 N–H and O–H groups in total. The van der Waals surface area contributed by atoms with Crippen LogP contribution in [0.5, 0.6) is 0 Å². The Hall–Kier alpha value is -1.07. The first-order chi connectivity index (χ1) is 9.87. The number of benzene rings is 1. The Morgan fingerprint density at radius 3 is 2.52 bits per heavy atom. The van der Waals surface area contributed by atoms with Gasteiger partial charge in [0.2, 0.25) is 0 Å². The minimum absolute atomic E-state index is 0.275. The average molecular weight is 301 g/mol. The predicted molar refractivity (Wildman–Crippen MR) is 75.9 cm³/mol. The number of alkyl halides is 3. The first-order valence-electron chi connectivity index (χ1n) is 7.43. The summed E-state index contributed by atoms with van der Waals surface area (Å²) >= 11 is 0. The second kappa shape index (κ2) is 6.36. The third kappa shape index (κ3) is 3.77. The lowest BCUT2D eigenvalue weighted by atomic mass is 9.87. The number of hydrogen-bond donors (Lipinski definition) is 1. The number of ether oxygens (including phenoxy) is 1. The predicted octanol–water partition coefficient (Wildman–Crippen LogP) is 3.92. The third-order valence-electron chi connectivity index (χ3n) is 4.27. The molecule has 0 amide bonds. The number of hydrogen-bond acceptors (Lipinski definition) is 2. The molecule has 1 aromatic carbocycles. The smallest absolute Gasteiger partial charge is 0.374 e. The van der Waals surface area contributed by atoms with E-state index in [1.807, 2.05) is 6.92 Å². The van der Waals surface area contributed by atoms with Crippen LogP contribution >= 0.6 is 0 Å². The fourth-order valence-corrected chi connectivity index (χ4v) is 3.20. The van der Waals surface area contributed by atoms with Crippen molar-refractivity contribution in [2.24, 2.45) is 5.73 Å². The summed E-state index contributed by atoms with van der Waals surface area (Å²) in [5, 5.41) is 0. The highest BCUT2D eigenvalue weighted by atomic mass is 19.4. The highest BCUT2D eigenvalue weighted by Gasteiger charge is 2.40. The van der Waals surface area contributed by atoms with Gasteiger partial charge in [0.25, 0.3) is 0 Å². The second-order valence-electron chi connectivity index (χ2n) is 5.71. The summed E-state index contributed by atoms with van der Waals surface area (Å²) in [6, 6.07) is 5.14. The van der Waals surface area contributed by atoms with Crippen LogP contribution in [-0.2, 0) is 17.3 Å². The molecule has 1 aromatic rings. The molecule has 2 rings (SSSR count). The largest absolute Gasteiger partial charge is 0.416 e. The fraction of sp³-hybridized carbons (Fsp3) is 0.625. The minimum atomic E-state index is -4.31. The van der Waals surface area contributed by atoms with E-state index in [9.17, 15) is 13.2 Å². The lowest BCUT2D eigenvalue weighted by Gasteiger charge is -2.35. The van der Waals surface area contributed by atoms with Crippen LogP contribution in [-0.4, -0.2) is 18.2 Å². The SMILES string of the molecule is CCOC1(C(N)Cc2cccc(C(F)(F)F)c2)CCCC1. The van der Waals surface area contributed by atoms with E-state index >= 15 is 0 Å². The van der Waals surface area contributed by atoms with Gasteiger partial charge in [-0.3, -0.25) is 0 Å². The van der Waals surface area contributed by atoms with Gasteiger partial charge in [-0.05, 0) is 37.8 Å². The second-order valence-corrected chi connectivity index (χ2v) is 5.71. The van der Waals surface area contributed by atoms with Gasteiger partial charge in [0.1, 0.15) is 0 Å². The molecule has 0 bridgehead atoms. The van der Waals surface area contributed by atoms with Gasteiger partial charge in [0.15, 0.2) is 0 Å². The van der Waals surface area contributed by atoms with Gasteiger partial charge >= 0.3 is 6.18 Å². The van der Waals surface area contributed by atoms with Crippen LogP contribution < -0.4 is 5.73 Å². The molecule has 0 heterocycles. The zero-order chi connectivity index (χ0) is 15.5. The summed E-state index contributed by atoms with van der Waals surface area (Å²) in [5.41, 5.74) is 5.91. The van der Waals surface area contributed by atoms with Crippen molar-refractivity contribution in [1.29, 1.82) is 0 Å². The van der Waals surface area contributed by atoms with Crippen LogP contribution in [0.4, 0.5) is 13.2 Å². The molecule has 0 spiro atoms. The molecule has 1 fully saturated rings. The van der Waals surface area contributed by atoms with E-state index in [-0.39, 0.29) is 11.6 Å². The maximum atomic E-state index is 12.7. The molecule has 0 aliphatic heterocycles. The Bertz CT molecular complexity index is 467. The topological polar surface area (TPSA) is 35.2 Å². The van der Waals surface area contributed by atoms with Gasteiger partial charge in [-0.1, -0.05) is 31.0 Å². The standard InChI is InChI=1S/C16H22F3NO/c1-2-21-15(8-3-4-9-15)14(20)11-12-6-5-7-13(10-12)16(17,18)19/h5-7,10,14H,2-4,8-9,11,20H2,1H3. The highest BCUT2D eigenvalue weighted by molar-refractivity contribution is 5.26. The summed E-state index contributed by atoms with van der Waals surface area (Å²) in [7, 11) is 0. The van der Waals surface area contributed by atoms with Crippen LogP contribution in [0, 0.1) is 0 Å². The van der Waals surface area contributed by atoms with Crippen molar-refractivity contribution in [3.8, 4) is 0 Å². The Balaban J connectivity index is 2.13. The first kappa shape index (κ1) is 16.3. The molecule has 1 unspecified atom stereocenters. The first-order valence-corrected chi connectivity index (χ1v) is 7.43. The van der Waals surface area contributed by atoms with Crippen LogP contribution in [0.3, 0.4) is 0 Å². The number of rotatable bonds is 5. The van der Waals surface area contributed by atoms with E-state index in [4.69, 9.17) is 10.5 Å². The van der Waals surface area contributed by atoms with Crippen molar-refractivity contribution in [1.82, 2.24) is 0 Å². The van der Waals surface area contributed by atoms with Crippen molar-refractivity contribution < 1.29 is 17.9 Å². The van der Waals surface area contributed by atoms with Gasteiger partial charge in [0.05, 0.1) is 11.2 Å². The number of halogens is 3. The lowest BCUT2D eigenvalue weighted by molar-refractivity contribution is -0.137. The molecule has 0 saturated heterocycles. The van der Waals surface area contributed by atoms with Gasteiger partial charge in [0, 0.05) is 12.6 Å². The van der Waals surface area contributed by atoms with Crippen molar-refractivity contribution >= 4 is 0 Å². The molecule has 0 aromatic heterocycles. The van der Waals surface area contributed by atoms with E-state index < -0.39 is 11.7 Å². The van der Waals surface area contributed by atoms with Gasteiger partial charge in [-0.2, -0.15) is 13.2 Å². The molecule has 1 aliphatic carbocycles. The third-order valence-corrected chi connectivity index (χ3v) is 4.27. The van der Waals surface area contributed by atoms with Crippen molar-refractivity contribution in [3.05, 3.63) is 35.4 Å². The molecule has 1 saturated carbocycles. The highest BCUT2D eigenvalue weighted by Crippen LogP contribution is 2.37. The summed E-state index contributed by atoms with van der Waals surface area (Å²) in [4.78, 5) is 0. The fourth-order valence-electron chi connectivity index (χ4n) is 3.20. The molecule has 1 atom stereocenters. The molecule has 1 aliphatic rings. The zero-order valence-electron chi connectivity index (χ0n) is 12.2. The Kier molecular flexibility index (Phi) is 4.94. The normalized spacial score (nSPS) is 19.7. The van der Waals surface area contributed by atoms with Gasteiger partial charge in [-0.25, -0.2) is 0 Å². The van der Waals surface area contributed by atoms with Crippen LogP contribution in [0.1, 0.15) is 43.7 Å². The monoisotopic (exact) mass is 301 g/mol. The van der Waals surface area contributed by atoms with Gasteiger partial charge in [-0.15, -0.1) is 0 Å². The van der Waals surface area contributed by atoms with E-state index in [1.54, 1.807) is 6.07 Å². The molecular formula is C16H22F3NO. The molecular weight excluding hydrogens is 279 g/mol. The van der Waals surface area contributed by atoms with E-state index in [1.165, 1.54) is 12.1 Å². The van der Waals surface area contributed by atoms with Gasteiger partial charge < -0.3 is 10.5 Å². The Morgan fingerprint density at radius 1 is 1.29 bits per heavy atom. The quantitative estimate of drug-likeness (QED) is 0.894. The maximum Gasteiger partial charge on any atom is 0.416 e.